The molecule has 0 fully saturated rings. The molecule has 0 amide bonds. The van der Waals surface area contributed by atoms with Crippen molar-refractivity contribution in [3.8, 4) is 11.5 Å². The number of carbonyl (C=O) groups is 1. The maximum Gasteiger partial charge on any atom is 0.325 e. The fourth-order valence-corrected chi connectivity index (χ4v) is 2.72. The molecule has 0 aliphatic heterocycles. The number of aliphatic carboxylic acids is 1. The van der Waals surface area contributed by atoms with E-state index in [1.54, 1.807) is 31.4 Å². The zero-order chi connectivity index (χ0) is 18.2. The molecule has 0 aliphatic carbocycles. The van der Waals surface area contributed by atoms with E-state index >= 15 is 0 Å². The molecule has 2 aromatic carbocycles. The SMILES string of the molecule is CCCOc1c(Cl)cc(CN[C@H](C(=O)O)c2ccccc2)cc1OC. The van der Waals surface area contributed by atoms with Crippen molar-refractivity contribution < 1.29 is 19.4 Å². The Morgan fingerprint density at radius 3 is 2.60 bits per heavy atom. The summed E-state index contributed by atoms with van der Waals surface area (Å²) in [4.78, 5) is 11.6. The number of halogens is 1. The maximum atomic E-state index is 11.6. The molecule has 0 radical (unpaired) electrons. The van der Waals surface area contributed by atoms with E-state index in [-0.39, 0.29) is 0 Å². The highest BCUT2D eigenvalue weighted by molar-refractivity contribution is 6.32. The summed E-state index contributed by atoms with van der Waals surface area (Å²) in [5.74, 6) is 0.101. The molecule has 25 heavy (non-hydrogen) atoms. The Morgan fingerprint density at radius 2 is 2.00 bits per heavy atom. The summed E-state index contributed by atoms with van der Waals surface area (Å²) in [6, 6.07) is 11.8. The summed E-state index contributed by atoms with van der Waals surface area (Å²) < 4.78 is 11.0. The first-order valence-electron chi connectivity index (χ1n) is 8.07. The fraction of sp³-hybridized carbons (Fsp3) is 0.316. The molecule has 6 heteroatoms. The lowest BCUT2D eigenvalue weighted by Gasteiger charge is -2.17. The summed E-state index contributed by atoms with van der Waals surface area (Å²) in [6.45, 7) is 2.88. The molecule has 0 unspecified atom stereocenters. The Hall–Kier alpha value is -2.24. The van der Waals surface area contributed by atoms with Crippen molar-refractivity contribution in [3.05, 3.63) is 58.6 Å². The van der Waals surface area contributed by atoms with E-state index in [1.807, 2.05) is 25.1 Å². The monoisotopic (exact) mass is 363 g/mol. The lowest BCUT2D eigenvalue weighted by Crippen LogP contribution is -2.28. The van der Waals surface area contributed by atoms with Gasteiger partial charge in [-0.25, -0.2) is 0 Å². The summed E-state index contributed by atoms with van der Waals surface area (Å²) in [7, 11) is 1.55. The number of benzene rings is 2. The van der Waals surface area contributed by atoms with E-state index in [2.05, 4.69) is 5.32 Å². The first kappa shape index (κ1) is 19.1. The second-order valence-corrected chi connectivity index (χ2v) is 5.93. The molecule has 0 aliphatic rings. The first-order valence-corrected chi connectivity index (χ1v) is 8.45. The molecule has 5 nitrogen and oxygen atoms in total. The summed E-state index contributed by atoms with van der Waals surface area (Å²) in [5, 5.41) is 12.9. The number of carboxylic acid groups (broad SMARTS) is 1. The van der Waals surface area contributed by atoms with E-state index in [9.17, 15) is 9.90 Å². The van der Waals surface area contributed by atoms with Crippen LogP contribution in [0.5, 0.6) is 11.5 Å². The van der Waals surface area contributed by atoms with Crippen molar-refractivity contribution in [1.29, 1.82) is 0 Å². The van der Waals surface area contributed by atoms with Gasteiger partial charge in [-0.3, -0.25) is 10.1 Å². The Kier molecular flexibility index (Phi) is 7.10. The quantitative estimate of drug-likeness (QED) is 0.703. The molecule has 0 saturated carbocycles. The summed E-state index contributed by atoms with van der Waals surface area (Å²) in [6.07, 6.45) is 0.861. The van der Waals surface area contributed by atoms with Gasteiger partial charge in [-0.15, -0.1) is 0 Å². The van der Waals surface area contributed by atoms with Crippen LogP contribution in [0.4, 0.5) is 0 Å². The van der Waals surface area contributed by atoms with Gasteiger partial charge in [-0.2, -0.15) is 0 Å². The molecule has 2 rings (SSSR count). The standard InChI is InChI=1S/C19H22ClNO4/c1-3-9-25-18-15(20)10-13(11-16(18)24-2)12-21-17(19(22)23)14-7-5-4-6-8-14/h4-8,10-11,17,21H,3,9,12H2,1-2H3,(H,22,23)/t17-/m0/s1. The predicted octanol–water partition coefficient (Wildman–Crippen LogP) is 4.05. The molecule has 0 spiro atoms. The van der Waals surface area contributed by atoms with Crippen LogP contribution in [0.1, 0.15) is 30.5 Å². The van der Waals surface area contributed by atoms with Gasteiger partial charge in [-0.05, 0) is 29.7 Å². The normalized spacial score (nSPS) is 11.8. The van der Waals surface area contributed by atoms with Gasteiger partial charge in [0.05, 0.1) is 18.7 Å². The van der Waals surface area contributed by atoms with Gasteiger partial charge < -0.3 is 14.6 Å². The second-order valence-electron chi connectivity index (χ2n) is 5.52. The van der Waals surface area contributed by atoms with Gasteiger partial charge in [0, 0.05) is 6.54 Å². The number of hydrogen-bond acceptors (Lipinski definition) is 4. The molecule has 2 N–H and O–H groups in total. The lowest BCUT2D eigenvalue weighted by molar-refractivity contribution is -0.139. The topological polar surface area (TPSA) is 67.8 Å². The number of hydrogen-bond donors (Lipinski definition) is 2. The molecule has 2 aromatic rings. The van der Waals surface area contributed by atoms with Crippen LogP contribution in [0, 0.1) is 0 Å². The number of nitrogens with one attached hydrogen (secondary N) is 1. The molecular formula is C19H22ClNO4. The van der Waals surface area contributed by atoms with Crippen LogP contribution in [0.25, 0.3) is 0 Å². The van der Waals surface area contributed by atoms with Gasteiger partial charge in [0.25, 0.3) is 0 Å². The molecule has 0 saturated heterocycles. The average Bonchev–Trinajstić information content (AvgIpc) is 2.61. The van der Waals surface area contributed by atoms with Crippen LogP contribution in [0.15, 0.2) is 42.5 Å². The molecular weight excluding hydrogens is 342 g/mol. The van der Waals surface area contributed by atoms with Gasteiger partial charge in [0.2, 0.25) is 0 Å². The highest BCUT2D eigenvalue weighted by atomic mass is 35.5. The van der Waals surface area contributed by atoms with Crippen LogP contribution in [-0.4, -0.2) is 24.8 Å². The lowest BCUT2D eigenvalue weighted by atomic mass is 10.1. The zero-order valence-corrected chi connectivity index (χ0v) is 15.0. The third-order valence-electron chi connectivity index (χ3n) is 3.63. The number of carboxylic acids is 1. The summed E-state index contributed by atoms with van der Waals surface area (Å²) >= 11 is 6.29. The highest BCUT2D eigenvalue weighted by Crippen LogP contribution is 2.36. The van der Waals surface area contributed by atoms with Crippen molar-refractivity contribution in [2.75, 3.05) is 13.7 Å². The molecule has 0 heterocycles. The maximum absolute atomic E-state index is 11.6. The third kappa shape index (κ3) is 5.11. The average molecular weight is 364 g/mol. The van der Waals surface area contributed by atoms with E-state index in [0.29, 0.717) is 35.2 Å². The van der Waals surface area contributed by atoms with Crippen LogP contribution in [-0.2, 0) is 11.3 Å². The van der Waals surface area contributed by atoms with Gasteiger partial charge in [-0.1, -0.05) is 48.9 Å². The van der Waals surface area contributed by atoms with E-state index < -0.39 is 12.0 Å². The fourth-order valence-electron chi connectivity index (χ4n) is 2.43. The summed E-state index contributed by atoms with van der Waals surface area (Å²) in [5.41, 5.74) is 1.50. The first-order chi connectivity index (χ1) is 12.1. The van der Waals surface area contributed by atoms with Crippen molar-refractivity contribution in [2.24, 2.45) is 0 Å². The minimum absolute atomic E-state index is 0.329. The Labute approximate surface area is 152 Å². The Morgan fingerprint density at radius 1 is 1.28 bits per heavy atom. The van der Waals surface area contributed by atoms with E-state index in [1.165, 1.54) is 0 Å². The molecule has 1 atom stereocenters. The van der Waals surface area contributed by atoms with Crippen LogP contribution < -0.4 is 14.8 Å². The second kappa shape index (κ2) is 9.30. The Bertz CT molecular complexity index is 706. The van der Waals surface area contributed by atoms with Crippen molar-refractivity contribution in [1.82, 2.24) is 5.32 Å². The van der Waals surface area contributed by atoms with Gasteiger partial charge in [0.1, 0.15) is 6.04 Å². The minimum Gasteiger partial charge on any atom is -0.493 e. The number of rotatable bonds is 9. The van der Waals surface area contributed by atoms with Crippen molar-refractivity contribution in [2.45, 2.75) is 25.9 Å². The minimum atomic E-state index is -0.938. The zero-order valence-electron chi connectivity index (χ0n) is 14.3. The predicted molar refractivity (Wildman–Crippen MR) is 97.4 cm³/mol. The third-order valence-corrected chi connectivity index (χ3v) is 3.91. The van der Waals surface area contributed by atoms with Crippen LogP contribution >= 0.6 is 11.6 Å². The molecule has 134 valence electrons. The van der Waals surface area contributed by atoms with Crippen LogP contribution in [0.3, 0.4) is 0 Å². The van der Waals surface area contributed by atoms with Crippen molar-refractivity contribution >= 4 is 17.6 Å². The molecule has 0 aromatic heterocycles. The smallest absolute Gasteiger partial charge is 0.325 e. The number of ether oxygens (including phenoxy) is 2. The largest absolute Gasteiger partial charge is 0.493 e. The van der Waals surface area contributed by atoms with Gasteiger partial charge >= 0.3 is 5.97 Å². The molecule has 0 bridgehead atoms. The Balaban J connectivity index is 2.16. The van der Waals surface area contributed by atoms with E-state index in [0.717, 1.165) is 12.0 Å². The highest BCUT2D eigenvalue weighted by Gasteiger charge is 2.19. The van der Waals surface area contributed by atoms with Gasteiger partial charge in [0.15, 0.2) is 11.5 Å². The van der Waals surface area contributed by atoms with E-state index in [4.69, 9.17) is 21.1 Å². The van der Waals surface area contributed by atoms with Crippen molar-refractivity contribution in [3.63, 3.8) is 0 Å². The van der Waals surface area contributed by atoms with Crippen LogP contribution in [0.2, 0.25) is 5.02 Å². The number of methoxy groups -OCH3 is 1.